The fourth-order valence-corrected chi connectivity index (χ4v) is 3.75. The average Bonchev–Trinajstić information content (AvgIpc) is 2.88. The molecule has 0 spiro atoms. The third-order valence-electron chi connectivity index (χ3n) is 5.63. The molecular weight excluding hydrogens is 378 g/mol. The molecule has 1 heterocycles. The number of aldehydes is 1. The normalized spacial score (nSPS) is 20.4. The number of hydrogen-bond donors (Lipinski definition) is 2. The number of para-hydroxylation sites is 1. The molecule has 3 rings (SSSR count). The van der Waals surface area contributed by atoms with Gasteiger partial charge in [0.2, 0.25) is 5.91 Å². The van der Waals surface area contributed by atoms with Crippen molar-refractivity contribution in [1.29, 1.82) is 0 Å². The predicted molar refractivity (Wildman–Crippen MR) is 119 cm³/mol. The van der Waals surface area contributed by atoms with Crippen LogP contribution in [0, 0.1) is 5.92 Å². The van der Waals surface area contributed by atoms with Gasteiger partial charge < -0.3 is 20.1 Å². The van der Waals surface area contributed by atoms with Crippen LogP contribution in [-0.4, -0.2) is 48.4 Å². The van der Waals surface area contributed by atoms with Gasteiger partial charge in [0.15, 0.2) is 0 Å². The minimum Gasteiger partial charge on any atom is -0.392 e. The molecular formula is C24H29N3O3. The summed E-state index contributed by atoms with van der Waals surface area (Å²) in [7, 11) is 1.83. The molecule has 2 N–H and O–H groups in total. The third-order valence-corrected chi connectivity index (χ3v) is 5.63. The Kier molecular flexibility index (Phi) is 7.00. The summed E-state index contributed by atoms with van der Waals surface area (Å²) in [6, 6.07) is 16.8. The second-order valence-electron chi connectivity index (χ2n) is 7.70. The number of amides is 1. The van der Waals surface area contributed by atoms with E-state index in [0.29, 0.717) is 6.42 Å². The molecule has 1 aliphatic heterocycles. The van der Waals surface area contributed by atoms with E-state index in [1.54, 1.807) is 6.92 Å². The van der Waals surface area contributed by atoms with Crippen LogP contribution < -0.4 is 10.2 Å². The SMILES string of the molecule is CCCC(O)C(C)C(=O)NC1N=C(c2ccccc2)c2ccccc2N(C)C1C=O. The number of hydrogen-bond acceptors (Lipinski definition) is 5. The summed E-state index contributed by atoms with van der Waals surface area (Å²) in [6.07, 6.45) is 0.627. The number of anilines is 1. The molecule has 0 aliphatic carbocycles. The first kappa shape index (κ1) is 21.7. The van der Waals surface area contributed by atoms with Gasteiger partial charge in [-0.05, 0) is 12.5 Å². The third kappa shape index (κ3) is 4.44. The molecule has 1 amide bonds. The van der Waals surface area contributed by atoms with Gasteiger partial charge in [-0.3, -0.25) is 9.79 Å². The zero-order valence-corrected chi connectivity index (χ0v) is 17.7. The molecule has 2 aromatic carbocycles. The van der Waals surface area contributed by atoms with Crippen LogP contribution in [0.3, 0.4) is 0 Å². The minimum absolute atomic E-state index is 0.316. The van der Waals surface area contributed by atoms with Gasteiger partial charge >= 0.3 is 0 Å². The van der Waals surface area contributed by atoms with Gasteiger partial charge in [0.25, 0.3) is 0 Å². The van der Waals surface area contributed by atoms with Crippen molar-refractivity contribution in [2.24, 2.45) is 10.9 Å². The molecule has 30 heavy (non-hydrogen) atoms. The number of nitrogens with zero attached hydrogens (tertiary/aromatic N) is 2. The fraction of sp³-hybridized carbons (Fsp3) is 0.375. The van der Waals surface area contributed by atoms with Gasteiger partial charge in [-0.15, -0.1) is 0 Å². The van der Waals surface area contributed by atoms with Crippen LogP contribution in [0.1, 0.15) is 37.8 Å². The van der Waals surface area contributed by atoms with Gasteiger partial charge in [-0.1, -0.05) is 68.8 Å². The lowest BCUT2D eigenvalue weighted by molar-refractivity contribution is -0.128. The van der Waals surface area contributed by atoms with Gasteiger partial charge in [0.05, 0.1) is 17.7 Å². The molecule has 0 bridgehead atoms. The summed E-state index contributed by atoms with van der Waals surface area (Å²) in [5, 5.41) is 13.1. The van der Waals surface area contributed by atoms with Crippen LogP contribution in [0.5, 0.6) is 0 Å². The number of aliphatic hydroxyl groups is 1. The molecule has 2 aromatic rings. The van der Waals surface area contributed by atoms with Crippen LogP contribution >= 0.6 is 0 Å². The Labute approximate surface area is 177 Å². The molecule has 0 saturated heterocycles. The topological polar surface area (TPSA) is 82.0 Å². The summed E-state index contributed by atoms with van der Waals surface area (Å²) in [6.45, 7) is 3.66. The van der Waals surface area contributed by atoms with Crippen LogP contribution in [0.25, 0.3) is 0 Å². The minimum atomic E-state index is -0.779. The molecule has 158 valence electrons. The van der Waals surface area contributed by atoms with Gasteiger partial charge in [0, 0.05) is 23.9 Å². The van der Waals surface area contributed by atoms with Crippen LogP contribution in [0.15, 0.2) is 59.6 Å². The molecule has 0 aromatic heterocycles. The van der Waals surface area contributed by atoms with E-state index >= 15 is 0 Å². The summed E-state index contributed by atoms with van der Waals surface area (Å²) in [5.41, 5.74) is 3.39. The van der Waals surface area contributed by atoms with Crippen molar-refractivity contribution in [3.63, 3.8) is 0 Å². The lowest BCUT2D eigenvalue weighted by Crippen LogP contribution is -2.52. The first-order chi connectivity index (χ1) is 14.5. The monoisotopic (exact) mass is 407 g/mol. The maximum Gasteiger partial charge on any atom is 0.227 e. The van der Waals surface area contributed by atoms with Gasteiger partial charge in [-0.2, -0.15) is 0 Å². The zero-order valence-electron chi connectivity index (χ0n) is 17.7. The Morgan fingerprint density at radius 2 is 1.87 bits per heavy atom. The largest absolute Gasteiger partial charge is 0.392 e. The number of benzodiazepines with no additional fused rings is 1. The summed E-state index contributed by atoms with van der Waals surface area (Å²) >= 11 is 0. The first-order valence-electron chi connectivity index (χ1n) is 10.4. The van der Waals surface area contributed by atoms with E-state index in [4.69, 9.17) is 4.99 Å². The standard InChI is InChI=1S/C24H29N3O3/c1-4-10-21(29)16(2)24(30)26-23-20(15-28)27(3)19-14-9-8-13-18(19)22(25-23)17-11-6-5-7-12-17/h5-9,11-16,20-21,23,29H,4,10H2,1-3H3,(H,26,30). The van der Waals surface area contributed by atoms with Crippen molar-refractivity contribution < 1.29 is 14.7 Å². The first-order valence-corrected chi connectivity index (χ1v) is 10.4. The molecule has 6 nitrogen and oxygen atoms in total. The van der Waals surface area contributed by atoms with E-state index in [0.717, 1.165) is 35.2 Å². The smallest absolute Gasteiger partial charge is 0.227 e. The number of fused-ring (bicyclic) bond motifs is 1. The Bertz CT molecular complexity index is 913. The highest BCUT2D eigenvalue weighted by Gasteiger charge is 2.34. The maximum atomic E-state index is 12.8. The van der Waals surface area contributed by atoms with Gasteiger partial charge in [-0.25, -0.2) is 0 Å². The predicted octanol–water partition coefficient (Wildman–Crippen LogP) is 2.78. The maximum absolute atomic E-state index is 12.8. The average molecular weight is 408 g/mol. The zero-order chi connectivity index (χ0) is 21.7. The molecule has 1 aliphatic rings. The second-order valence-corrected chi connectivity index (χ2v) is 7.70. The lowest BCUT2D eigenvalue weighted by Gasteiger charge is -2.30. The quantitative estimate of drug-likeness (QED) is 0.692. The van der Waals surface area contributed by atoms with E-state index in [1.165, 1.54) is 0 Å². The number of aliphatic hydroxyl groups excluding tert-OH is 1. The van der Waals surface area contributed by atoms with Gasteiger partial charge in [0.1, 0.15) is 18.5 Å². The van der Waals surface area contributed by atoms with Crippen molar-refractivity contribution >= 4 is 23.6 Å². The van der Waals surface area contributed by atoms with Crippen molar-refractivity contribution in [3.05, 3.63) is 65.7 Å². The highest BCUT2D eigenvalue weighted by molar-refractivity contribution is 6.16. The Morgan fingerprint density at radius 1 is 1.20 bits per heavy atom. The van der Waals surface area contributed by atoms with E-state index in [-0.39, 0.29) is 5.91 Å². The van der Waals surface area contributed by atoms with Crippen molar-refractivity contribution in [1.82, 2.24) is 5.32 Å². The highest BCUT2D eigenvalue weighted by atomic mass is 16.3. The summed E-state index contributed by atoms with van der Waals surface area (Å²) in [4.78, 5) is 31.6. The van der Waals surface area contributed by atoms with Crippen LogP contribution in [0.2, 0.25) is 0 Å². The molecule has 0 fully saturated rings. The summed E-state index contributed by atoms with van der Waals surface area (Å²) < 4.78 is 0. The van der Waals surface area contributed by atoms with Crippen molar-refractivity contribution in [2.45, 2.75) is 45.0 Å². The number of nitrogens with one attached hydrogen (secondary N) is 1. The van der Waals surface area contributed by atoms with Crippen molar-refractivity contribution in [2.75, 3.05) is 11.9 Å². The van der Waals surface area contributed by atoms with E-state index in [1.807, 2.05) is 73.5 Å². The lowest BCUT2D eigenvalue weighted by atomic mass is 9.99. The van der Waals surface area contributed by atoms with Crippen molar-refractivity contribution in [3.8, 4) is 0 Å². The second kappa shape index (κ2) is 9.67. The molecule has 6 heteroatoms. The van der Waals surface area contributed by atoms with E-state index < -0.39 is 24.2 Å². The Hall–Kier alpha value is -2.99. The number of carbonyl (C=O) groups excluding carboxylic acids is 2. The summed E-state index contributed by atoms with van der Waals surface area (Å²) in [5.74, 6) is -0.910. The highest BCUT2D eigenvalue weighted by Crippen LogP contribution is 2.29. The number of benzene rings is 2. The van der Waals surface area contributed by atoms with Crippen LogP contribution in [-0.2, 0) is 9.59 Å². The van der Waals surface area contributed by atoms with E-state index in [2.05, 4.69) is 5.32 Å². The van der Waals surface area contributed by atoms with E-state index in [9.17, 15) is 14.7 Å². The molecule has 4 unspecified atom stereocenters. The molecule has 0 saturated carbocycles. The number of likely N-dealkylation sites (N-methyl/N-ethyl adjacent to an activating group) is 1. The fourth-order valence-electron chi connectivity index (χ4n) is 3.75. The van der Waals surface area contributed by atoms with Crippen LogP contribution in [0.4, 0.5) is 5.69 Å². The molecule has 0 radical (unpaired) electrons. The Balaban J connectivity index is 2.03. The molecule has 4 atom stereocenters. The number of rotatable bonds is 7. The number of aliphatic imine (C=N–C) groups is 1. The Morgan fingerprint density at radius 3 is 2.53 bits per heavy atom. The number of carbonyl (C=O) groups is 2.